The zero-order valence-corrected chi connectivity index (χ0v) is 13.7. The number of carbonyl (C=O) groups is 1. The van der Waals surface area contributed by atoms with E-state index in [4.69, 9.17) is 0 Å². The highest BCUT2D eigenvalue weighted by Crippen LogP contribution is 2.23. The van der Waals surface area contributed by atoms with Crippen molar-refractivity contribution in [1.82, 2.24) is 4.98 Å². The largest absolute Gasteiger partial charge is 0.320 e. The Morgan fingerprint density at radius 2 is 1.89 bits per heavy atom. The van der Waals surface area contributed by atoms with Gasteiger partial charge in [-0.25, -0.2) is 0 Å². The van der Waals surface area contributed by atoms with Crippen molar-refractivity contribution >= 4 is 43.5 Å². The van der Waals surface area contributed by atoms with Crippen LogP contribution < -0.4 is 5.32 Å². The molecule has 0 atom stereocenters. The predicted molar refractivity (Wildman–Crippen MR) is 83.5 cm³/mol. The second-order valence-electron chi connectivity index (χ2n) is 4.16. The molecule has 0 radical (unpaired) electrons. The Morgan fingerprint density at radius 1 is 1.16 bits per heavy atom. The van der Waals surface area contributed by atoms with E-state index in [1.54, 1.807) is 6.07 Å². The number of nitrogens with zero attached hydrogens (tertiary/aromatic N) is 1. The summed E-state index contributed by atoms with van der Waals surface area (Å²) in [6.07, 6.45) is 0. The maximum Gasteiger partial charge on any atom is 0.256 e. The highest BCUT2D eigenvalue weighted by Gasteiger charge is 2.12. The number of rotatable bonds is 2. The molecule has 0 aliphatic rings. The highest BCUT2D eigenvalue weighted by atomic mass is 79.9. The van der Waals surface area contributed by atoms with Crippen LogP contribution in [0.5, 0.6) is 0 Å². The molecule has 2 rings (SSSR count). The summed E-state index contributed by atoms with van der Waals surface area (Å²) in [4.78, 5) is 16.5. The number of hydrogen-bond donors (Lipinski definition) is 1. The maximum atomic E-state index is 12.2. The van der Waals surface area contributed by atoms with Gasteiger partial charge >= 0.3 is 0 Å². The average molecular weight is 384 g/mol. The molecule has 1 aromatic carbocycles. The number of aromatic nitrogens is 1. The molecule has 0 aliphatic carbocycles. The summed E-state index contributed by atoms with van der Waals surface area (Å²) in [6, 6.07) is 9.18. The molecule has 1 N–H and O–H groups in total. The molecule has 98 valence electrons. The van der Waals surface area contributed by atoms with Crippen molar-refractivity contribution in [2.45, 2.75) is 13.8 Å². The summed E-state index contributed by atoms with van der Waals surface area (Å²) >= 11 is 6.74. The molecule has 0 aliphatic heterocycles. The summed E-state index contributed by atoms with van der Waals surface area (Å²) < 4.78 is 1.67. The van der Waals surface area contributed by atoms with E-state index >= 15 is 0 Å². The molecule has 0 unspecified atom stereocenters. The third-order valence-corrected chi connectivity index (χ3v) is 3.80. The second-order valence-corrected chi connectivity index (χ2v) is 5.93. The van der Waals surface area contributed by atoms with Gasteiger partial charge < -0.3 is 5.32 Å². The summed E-state index contributed by atoms with van der Waals surface area (Å²) in [5.41, 5.74) is 3.05. The van der Waals surface area contributed by atoms with Crippen molar-refractivity contribution in [3.05, 3.63) is 56.2 Å². The van der Waals surface area contributed by atoms with Crippen LogP contribution in [-0.2, 0) is 0 Å². The number of anilines is 1. The summed E-state index contributed by atoms with van der Waals surface area (Å²) in [5.74, 6) is -0.159. The minimum Gasteiger partial charge on any atom is -0.320 e. The first-order chi connectivity index (χ1) is 8.97. The van der Waals surface area contributed by atoms with Crippen molar-refractivity contribution in [2.24, 2.45) is 0 Å². The standard InChI is InChI=1S/C14H12Br2N2O/c1-8-3-6-13(9(2)17-8)18-14(19)11-5-4-10(15)7-12(11)16/h3-7H,1-2H3,(H,18,19). The van der Waals surface area contributed by atoms with Crippen molar-refractivity contribution < 1.29 is 4.79 Å². The lowest BCUT2D eigenvalue weighted by Gasteiger charge is -2.09. The first-order valence-electron chi connectivity index (χ1n) is 5.68. The number of carbonyl (C=O) groups excluding carboxylic acids is 1. The molecular weight excluding hydrogens is 372 g/mol. The van der Waals surface area contributed by atoms with Crippen molar-refractivity contribution in [2.75, 3.05) is 5.32 Å². The molecule has 5 heteroatoms. The second kappa shape index (κ2) is 5.84. The fourth-order valence-corrected chi connectivity index (χ4v) is 2.91. The summed E-state index contributed by atoms with van der Waals surface area (Å²) in [5, 5.41) is 2.87. The number of halogens is 2. The topological polar surface area (TPSA) is 42.0 Å². The number of hydrogen-bond acceptors (Lipinski definition) is 2. The van der Waals surface area contributed by atoms with Crippen LogP contribution in [-0.4, -0.2) is 10.9 Å². The first-order valence-corrected chi connectivity index (χ1v) is 7.26. The molecule has 2 aromatic rings. The Hall–Kier alpha value is -1.20. The van der Waals surface area contributed by atoms with E-state index in [0.717, 1.165) is 26.0 Å². The molecule has 3 nitrogen and oxygen atoms in total. The van der Waals surface area contributed by atoms with Gasteiger partial charge in [-0.05, 0) is 60.1 Å². The Bertz CT molecular complexity index is 641. The van der Waals surface area contributed by atoms with E-state index in [1.165, 1.54) is 0 Å². The third kappa shape index (κ3) is 3.42. The number of aryl methyl sites for hydroxylation is 2. The van der Waals surface area contributed by atoms with Gasteiger partial charge in [-0.1, -0.05) is 15.9 Å². The van der Waals surface area contributed by atoms with E-state index in [0.29, 0.717) is 5.56 Å². The molecular formula is C14H12Br2N2O. The Balaban J connectivity index is 2.25. The van der Waals surface area contributed by atoms with Gasteiger partial charge in [-0.15, -0.1) is 0 Å². The Morgan fingerprint density at radius 3 is 2.53 bits per heavy atom. The lowest BCUT2D eigenvalue weighted by molar-refractivity contribution is 0.102. The summed E-state index contributed by atoms with van der Waals surface area (Å²) in [7, 11) is 0. The van der Waals surface area contributed by atoms with Crippen LogP contribution in [0.25, 0.3) is 0 Å². The zero-order valence-electron chi connectivity index (χ0n) is 10.5. The third-order valence-electron chi connectivity index (χ3n) is 2.65. The minimum absolute atomic E-state index is 0.159. The normalized spacial score (nSPS) is 10.3. The molecule has 1 aromatic heterocycles. The predicted octanol–water partition coefficient (Wildman–Crippen LogP) is 4.48. The van der Waals surface area contributed by atoms with Gasteiger partial charge in [0.2, 0.25) is 0 Å². The summed E-state index contributed by atoms with van der Waals surface area (Å²) in [6.45, 7) is 3.79. The van der Waals surface area contributed by atoms with Crippen molar-refractivity contribution in [1.29, 1.82) is 0 Å². The van der Waals surface area contributed by atoms with Crippen LogP contribution in [0.15, 0.2) is 39.3 Å². The van der Waals surface area contributed by atoms with Crippen LogP contribution in [0.3, 0.4) is 0 Å². The highest BCUT2D eigenvalue weighted by molar-refractivity contribution is 9.11. The smallest absolute Gasteiger partial charge is 0.256 e. The number of nitrogens with one attached hydrogen (secondary N) is 1. The lowest BCUT2D eigenvalue weighted by atomic mass is 10.2. The molecule has 0 saturated carbocycles. The van der Waals surface area contributed by atoms with Gasteiger partial charge in [0.05, 0.1) is 16.9 Å². The van der Waals surface area contributed by atoms with Crippen LogP contribution in [0.2, 0.25) is 0 Å². The van der Waals surface area contributed by atoms with Crippen LogP contribution in [0.4, 0.5) is 5.69 Å². The molecule has 0 fully saturated rings. The molecule has 1 heterocycles. The quantitative estimate of drug-likeness (QED) is 0.830. The van der Waals surface area contributed by atoms with Gasteiger partial charge in [0, 0.05) is 14.6 Å². The van der Waals surface area contributed by atoms with Gasteiger partial charge in [0.1, 0.15) is 0 Å². The monoisotopic (exact) mass is 382 g/mol. The van der Waals surface area contributed by atoms with Crippen LogP contribution >= 0.6 is 31.9 Å². The fraction of sp³-hybridized carbons (Fsp3) is 0.143. The number of benzene rings is 1. The van der Waals surface area contributed by atoms with Crippen LogP contribution in [0.1, 0.15) is 21.7 Å². The SMILES string of the molecule is Cc1ccc(NC(=O)c2ccc(Br)cc2Br)c(C)n1. The molecule has 19 heavy (non-hydrogen) atoms. The maximum absolute atomic E-state index is 12.2. The van der Waals surface area contributed by atoms with E-state index in [9.17, 15) is 4.79 Å². The lowest BCUT2D eigenvalue weighted by Crippen LogP contribution is -2.14. The van der Waals surface area contributed by atoms with E-state index in [1.807, 2.05) is 38.1 Å². The molecule has 1 amide bonds. The van der Waals surface area contributed by atoms with E-state index in [-0.39, 0.29) is 5.91 Å². The average Bonchev–Trinajstić information content (AvgIpc) is 2.32. The molecule has 0 bridgehead atoms. The Labute approximate surface area is 128 Å². The first kappa shape index (κ1) is 14.2. The van der Waals surface area contributed by atoms with Crippen molar-refractivity contribution in [3.8, 4) is 0 Å². The van der Waals surface area contributed by atoms with Crippen molar-refractivity contribution in [3.63, 3.8) is 0 Å². The number of pyridine rings is 1. The number of amides is 1. The van der Waals surface area contributed by atoms with Gasteiger partial charge in [-0.2, -0.15) is 0 Å². The van der Waals surface area contributed by atoms with Gasteiger partial charge in [-0.3, -0.25) is 9.78 Å². The van der Waals surface area contributed by atoms with E-state index < -0.39 is 0 Å². The molecule has 0 spiro atoms. The minimum atomic E-state index is -0.159. The molecule has 0 saturated heterocycles. The van der Waals surface area contributed by atoms with Crippen LogP contribution in [0, 0.1) is 13.8 Å². The fourth-order valence-electron chi connectivity index (χ4n) is 1.68. The van der Waals surface area contributed by atoms with Gasteiger partial charge in [0.25, 0.3) is 5.91 Å². The zero-order chi connectivity index (χ0) is 14.0. The Kier molecular flexibility index (Phi) is 4.37. The van der Waals surface area contributed by atoms with Gasteiger partial charge in [0.15, 0.2) is 0 Å². The van der Waals surface area contributed by atoms with E-state index in [2.05, 4.69) is 42.2 Å².